The van der Waals surface area contributed by atoms with Crippen LogP contribution >= 0.6 is 11.3 Å². The fourth-order valence-electron chi connectivity index (χ4n) is 1.88. The van der Waals surface area contributed by atoms with Gasteiger partial charge in [-0.05, 0) is 18.9 Å². The van der Waals surface area contributed by atoms with Gasteiger partial charge >= 0.3 is 12.1 Å². The van der Waals surface area contributed by atoms with E-state index in [4.69, 9.17) is 5.11 Å². The van der Waals surface area contributed by atoms with Gasteiger partial charge in [0.25, 0.3) is 0 Å². The smallest absolute Gasteiger partial charge is 0.451 e. The molecule has 0 aliphatic heterocycles. The molecule has 2 rings (SSSR count). The Kier molecular flexibility index (Phi) is 3.21. The maximum atomic E-state index is 12.6. The lowest BCUT2D eigenvalue weighted by Crippen LogP contribution is -2.14. The molecule has 2 aromatic rings. The molecule has 0 aromatic carbocycles. The Labute approximate surface area is 109 Å². The molecule has 8 heteroatoms. The average Bonchev–Trinajstić information content (AvgIpc) is 2.61. The van der Waals surface area contributed by atoms with Gasteiger partial charge in [0.1, 0.15) is 4.83 Å². The van der Waals surface area contributed by atoms with Gasteiger partial charge in [-0.15, -0.1) is 11.3 Å². The van der Waals surface area contributed by atoms with Crippen molar-refractivity contribution in [3.63, 3.8) is 0 Å². The first kappa shape index (κ1) is 13.7. The minimum absolute atomic E-state index is 0.0640. The molecule has 0 atom stereocenters. The standard InChI is InChI=1S/C11H9F3N2O2S/c1-3-5-4(2)19-8-6(5)7(9(17)18)15-10(16-8)11(12,13)14/h3H2,1-2H3,(H,17,18). The number of hydrogen-bond acceptors (Lipinski definition) is 4. The van der Waals surface area contributed by atoms with E-state index in [0.29, 0.717) is 12.0 Å². The highest BCUT2D eigenvalue weighted by Crippen LogP contribution is 2.35. The third-order valence-electron chi connectivity index (χ3n) is 2.66. The molecule has 0 aliphatic rings. The minimum Gasteiger partial charge on any atom is -0.476 e. The zero-order valence-electron chi connectivity index (χ0n) is 10.00. The normalized spacial score (nSPS) is 12.1. The van der Waals surface area contributed by atoms with Crippen molar-refractivity contribution in [2.24, 2.45) is 0 Å². The summed E-state index contributed by atoms with van der Waals surface area (Å²) in [4.78, 5) is 18.5. The van der Waals surface area contributed by atoms with Crippen LogP contribution < -0.4 is 0 Å². The van der Waals surface area contributed by atoms with Gasteiger partial charge < -0.3 is 5.11 Å². The van der Waals surface area contributed by atoms with Gasteiger partial charge in [-0.25, -0.2) is 14.8 Å². The van der Waals surface area contributed by atoms with Crippen LogP contribution in [0, 0.1) is 6.92 Å². The molecular formula is C11H9F3N2O2S. The fraction of sp³-hybridized carbons (Fsp3) is 0.364. The summed E-state index contributed by atoms with van der Waals surface area (Å²) in [6, 6.07) is 0. The van der Waals surface area contributed by atoms with Crippen molar-refractivity contribution in [3.05, 3.63) is 22.0 Å². The highest BCUT2D eigenvalue weighted by molar-refractivity contribution is 7.18. The summed E-state index contributed by atoms with van der Waals surface area (Å²) in [7, 11) is 0. The van der Waals surface area contributed by atoms with Gasteiger partial charge in [-0.1, -0.05) is 6.92 Å². The molecule has 0 bridgehead atoms. The summed E-state index contributed by atoms with van der Waals surface area (Å²) in [6.45, 7) is 3.53. The quantitative estimate of drug-likeness (QED) is 0.922. The number of alkyl halides is 3. The molecule has 0 radical (unpaired) electrons. The van der Waals surface area contributed by atoms with Crippen LogP contribution in [0.4, 0.5) is 13.2 Å². The van der Waals surface area contributed by atoms with Crippen LogP contribution in [0.2, 0.25) is 0 Å². The number of carboxylic acids is 1. The van der Waals surface area contributed by atoms with E-state index in [1.54, 1.807) is 13.8 Å². The molecule has 0 fully saturated rings. The molecule has 2 heterocycles. The third kappa shape index (κ3) is 2.27. The van der Waals surface area contributed by atoms with Crippen molar-refractivity contribution in [2.75, 3.05) is 0 Å². The van der Waals surface area contributed by atoms with Crippen molar-refractivity contribution < 1.29 is 23.1 Å². The largest absolute Gasteiger partial charge is 0.476 e. The SMILES string of the molecule is CCc1c(C)sc2nc(C(F)(F)F)nc(C(=O)O)c12. The molecule has 0 saturated heterocycles. The van der Waals surface area contributed by atoms with Gasteiger partial charge in [0.2, 0.25) is 5.82 Å². The third-order valence-corrected chi connectivity index (χ3v) is 3.70. The molecule has 0 saturated carbocycles. The van der Waals surface area contributed by atoms with Crippen molar-refractivity contribution in [2.45, 2.75) is 26.4 Å². The maximum absolute atomic E-state index is 12.6. The summed E-state index contributed by atoms with van der Waals surface area (Å²) in [5, 5.41) is 9.26. The van der Waals surface area contributed by atoms with E-state index in [2.05, 4.69) is 9.97 Å². The van der Waals surface area contributed by atoms with Crippen molar-refractivity contribution in [1.82, 2.24) is 9.97 Å². The zero-order valence-corrected chi connectivity index (χ0v) is 10.8. The Hall–Kier alpha value is -1.70. The average molecular weight is 290 g/mol. The summed E-state index contributed by atoms with van der Waals surface area (Å²) < 4.78 is 37.9. The van der Waals surface area contributed by atoms with Gasteiger partial charge in [0.15, 0.2) is 5.69 Å². The molecule has 0 amide bonds. The number of carbonyl (C=O) groups is 1. The highest BCUT2D eigenvalue weighted by Gasteiger charge is 2.37. The molecule has 2 aromatic heterocycles. The number of aryl methyl sites for hydroxylation is 2. The second-order valence-corrected chi connectivity index (χ2v) is 5.07. The second kappa shape index (κ2) is 4.44. The van der Waals surface area contributed by atoms with Gasteiger partial charge in [0.05, 0.1) is 0 Å². The second-order valence-electron chi connectivity index (χ2n) is 3.87. The molecule has 19 heavy (non-hydrogen) atoms. The summed E-state index contributed by atoms with van der Waals surface area (Å²) in [5.74, 6) is -2.90. The van der Waals surface area contributed by atoms with E-state index in [1.165, 1.54) is 0 Å². The van der Waals surface area contributed by atoms with Crippen LogP contribution in [-0.4, -0.2) is 21.0 Å². The first-order chi connectivity index (χ1) is 8.75. The van der Waals surface area contributed by atoms with E-state index < -0.39 is 23.7 Å². The van der Waals surface area contributed by atoms with Crippen LogP contribution in [0.15, 0.2) is 0 Å². The topological polar surface area (TPSA) is 63.1 Å². The van der Waals surface area contributed by atoms with E-state index in [9.17, 15) is 18.0 Å². The number of rotatable bonds is 2. The van der Waals surface area contributed by atoms with Crippen LogP contribution in [0.5, 0.6) is 0 Å². The summed E-state index contributed by atoms with van der Waals surface area (Å²) in [6.07, 6.45) is -4.25. The number of thiophene rings is 1. The van der Waals surface area contributed by atoms with E-state index in [0.717, 1.165) is 16.2 Å². The molecule has 4 nitrogen and oxygen atoms in total. The Balaban J connectivity index is 2.88. The number of aromatic carboxylic acids is 1. The number of hydrogen-bond donors (Lipinski definition) is 1. The van der Waals surface area contributed by atoms with Crippen molar-refractivity contribution >= 4 is 27.5 Å². The van der Waals surface area contributed by atoms with Gasteiger partial charge in [-0.3, -0.25) is 0 Å². The van der Waals surface area contributed by atoms with Crippen LogP contribution in [0.1, 0.15) is 33.7 Å². The van der Waals surface area contributed by atoms with E-state index in [1.807, 2.05) is 0 Å². The molecular weight excluding hydrogens is 281 g/mol. The Morgan fingerprint density at radius 1 is 1.37 bits per heavy atom. The van der Waals surface area contributed by atoms with Gasteiger partial charge in [-0.2, -0.15) is 13.2 Å². The molecule has 102 valence electrons. The van der Waals surface area contributed by atoms with E-state index >= 15 is 0 Å². The number of halogens is 3. The van der Waals surface area contributed by atoms with Gasteiger partial charge in [0, 0.05) is 10.3 Å². The van der Waals surface area contributed by atoms with Crippen LogP contribution in [-0.2, 0) is 12.6 Å². The van der Waals surface area contributed by atoms with Crippen molar-refractivity contribution in [1.29, 1.82) is 0 Å². The molecule has 0 spiro atoms. The highest BCUT2D eigenvalue weighted by atomic mass is 32.1. The maximum Gasteiger partial charge on any atom is 0.451 e. The zero-order chi connectivity index (χ0) is 14.4. The lowest BCUT2D eigenvalue weighted by molar-refractivity contribution is -0.144. The minimum atomic E-state index is -4.76. The molecule has 0 unspecified atom stereocenters. The predicted molar refractivity (Wildman–Crippen MR) is 63.5 cm³/mol. The van der Waals surface area contributed by atoms with Crippen LogP contribution in [0.3, 0.4) is 0 Å². The Morgan fingerprint density at radius 2 is 2.00 bits per heavy atom. The summed E-state index contributed by atoms with van der Waals surface area (Å²) in [5.41, 5.74) is 0.102. The Bertz CT molecular complexity index is 664. The lowest BCUT2D eigenvalue weighted by atomic mass is 10.1. The van der Waals surface area contributed by atoms with Crippen molar-refractivity contribution in [3.8, 4) is 0 Å². The molecule has 0 aliphatic carbocycles. The number of aromatic nitrogens is 2. The summed E-state index contributed by atoms with van der Waals surface area (Å²) >= 11 is 1.05. The Morgan fingerprint density at radius 3 is 2.47 bits per heavy atom. The number of nitrogens with zero attached hydrogens (tertiary/aromatic N) is 2. The first-order valence-corrected chi connectivity index (χ1v) is 6.17. The predicted octanol–water partition coefficient (Wildman–Crippen LogP) is 3.28. The monoisotopic (exact) mass is 290 g/mol. The first-order valence-electron chi connectivity index (χ1n) is 5.36. The molecule has 1 N–H and O–H groups in total. The van der Waals surface area contributed by atoms with Crippen LogP contribution in [0.25, 0.3) is 10.2 Å². The number of carboxylic acid groups (broad SMARTS) is 1. The lowest BCUT2D eigenvalue weighted by Gasteiger charge is -2.07. The fourth-order valence-corrected chi connectivity index (χ4v) is 2.99. The number of fused-ring (bicyclic) bond motifs is 1. The van der Waals surface area contributed by atoms with E-state index in [-0.39, 0.29) is 10.2 Å².